The number of amides is 2. The molecule has 0 aliphatic heterocycles. The lowest BCUT2D eigenvalue weighted by molar-refractivity contribution is -0.124. The molecule has 1 fully saturated rings. The molecule has 0 bridgehead atoms. The number of halogens is 1. The third-order valence-corrected chi connectivity index (χ3v) is 7.29. The molecule has 3 aromatic rings. The van der Waals surface area contributed by atoms with Crippen molar-refractivity contribution in [3.05, 3.63) is 59.7 Å². The maximum absolute atomic E-state index is 13.6. The van der Waals surface area contributed by atoms with Crippen LogP contribution in [0.15, 0.2) is 46.9 Å². The summed E-state index contributed by atoms with van der Waals surface area (Å²) in [6, 6.07) is 10.3. The van der Waals surface area contributed by atoms with E-state index in [-0.39, 0.29) is 23.5 Å². The van der Waals surface area contributed by atoms with Crippen LogP contribution in [-0.2, 0) is 4.79 Å². The molecule has 2 amide bonds. The first-order valence-electron chi connectivity index (χ1n) is 12.5. The van der Waals surface area contributed by atoms with Gasteiger partial charge >= 0.3 is 0 Å². The van der Waals surface area contributed by atoms with Gasteiger partial charge in [0, 0.05) is 18.2 Å². The first-order valence-corrected chi connectivity index (χ1v) is 13.3. The topological polar surface area (TPSA) is 96.3 Å². The van der Waals surface area contributed by atoms with Gasteiger partial charge in [0.1, 0.15) is 22.6 Å². The molecule has 192 valence electrons. The minimum atomic E-state index is -0.670. The molecule has 2 heterocycles. The summed E-state index contributed by atoms with van der Waals surface area (Å²) in [5.74, 6) is -0.173. The highest BCUT2D eigenvalue weighted by Crippen LogP contribution is 2.28. The number of rotatable bonds is 10. The van der Waals surface area contributed by atoms with E-state index in [1.807, 2.05) is 19.9 Å². The van der Waals surface area contributed by atoms with Gasteiger partial charge in [-0.25, -0.2) is 4.39 Å². The van der Waals surface area contributed by atoms with Crippen molar-refractivity contribution in [2.45, 2.75) is 64.5 Å². The summed E-state index contributed by atoms with van der Waals surface area (Å²) in [4.78, 5) is 26.3. The number of carbonyl (C=O) groups excluding carboxylic acids is 2. The van der Waals surface area contributed by atoms with Crippen LogP contribution in [-0.4, -0.2) is 34.8 Å². The van der Waals surface area contributed by atoms with E-state index < -0.39 is 11.9 Å². The predicted octanol–water partition coefficient (Wildman–Crippen LogP) is 5.54. The number of benzene rings is 1. The van der Waals surface area contributed by atoms with E-state index in [4.69, 9.17) is 4.42 Å². The van der Waals surface area contributed by atoms with E-state index in [0.29, 0.717) is 30.2 Å². The van der Waals surface area contributed by atoms with Gasteiger partial charge in [-0.15, -0.1) is 0 Å². The second-order valence-electron chi connectivity index (χ2n) is 9.56. The van der Waals surface area contributed by atoms with Gasteiger partial charge in [0.05, 0.1) is 5.69 Å². The average Bonchev–Trinajstić information content (AvgIpc) is 3.52. The summed E-state index contributed by atoms with van der Waals surface area (Å²) >= 11 is 1.39. The van der Waals surface area contributed by atoms with Crippen LogP contribution in [0.1, 0.15) is 61.7 Å². The first-order chi connectivity index (χ1) is 17.4. The minimum Gasteiger partial charge on any atom is -0.451 e. The average molecular weight is 513 g/mol. The molecular formula is C27H33FN4O3S. The Morgan fingerprint density at radius 3 is 2.67 bits per heavy atom. The van der Waals surface area contributed by atoms with E-state index >= 15 is 0 Å². The van der Waals surface area contributed by atoms with Crippen molar-refractivity contribution in [1.29, 1.82) is 0 Å². The summed E-state index contributed by atoms with van der Waals surface area (Å²) in [6.07, 6.45) is 6.23. The maximum atomic E-state index is 13.6. The Labute approximate surface area is 215 Å². The van der Waals surface area contributed by atoms with Crippen LogP contribution in [0, 0.1) is 18.7 Å². The van der Waals surface area contributed by atoms with Gasteiger partial charge in [0.2, 0.25) is 5.91 Å². The molecule has 36 heavy (non-hydrogen) atoms. The Morgan fingerprint density at radius 1 is 1.14 bits per heavy atom. The Balaban J connectivity index is 1.40. The van der Waals surface area contributed by atoms with E-state index in [2.05, 4.69) is 20.3 Å². The Morgan fingerprint density at radius 2 is 1.94 bits per heavy atom. The number of anilines is 1. The van der Waals surface area contributed by atoms with E-state index in [1.165, 1.54) is 30.1 Å². The molecule has 1 aliphatic carbocycles. The molecule has 4 rings (SSSR count). The summed E-state index contributed by atoms with van der Waals surface area (Å²) in [7, 11) is 0. The SMILES string of the molecule is Cc1cc(NC[C@H](C)NC(=O)[C@H](CC2CCCCC2)NC(=O)c2ccc(-c3cccc(F)c3)o2)sn1. The first kappa shape index (κ1) is 25.9. The third kappa shape index (κ3) is 7.16. The highest BCUT2D eigenvalue weighted by atomic mass is 32.1. The molecular weight excluding hydrogens is 479 g/mol. The molecule has 7 nitrogen and oxygen atoms in total. The monoisotopic (exact) mass is 512 g/mol. The second kappa shape index (κ2) is 12.2. The Bertz CT molecular complexity index is 1170. The Kier molecular flexibility index (Phi) is 8.74. The molecule has 0 saturated heterocycles. The number of aromatic nitrogens is 1. The van der Waals surface area contributed by atoms with Crippen molar-refractivity contribution in [3.8, 4) is 11.3 Å². The standard InChI is InChI=1S/C27H33FN4O3S/c1-17-13-25(36-32-17)29-16-18(2)30-26(33)22(14-19-7-4-3-5-8-19)31-27(34)24-12-11-23(35-24)20-9-6-10-21(28)15-20/h6,9-13,15,18-19,22,29H,3-5,7-8,14,16H2,1-2H3,(H,30,33)(H,31,34)/t18-,22-/m0/s1. The summed E-state index contributed by atoms with van der Waals surface area (Å²) in [5.41, 5.74) is 1.50. The molecule has 0 radical (unpaired) electrons. The largest absolute Gasteiger partial charge is 0.451 e. The fourth-order valence-electron chi connectivity index (χ4n) is 4.57. The molecule has 9 heteroatoms. The van der Waals surface area contributed by atoms with Crippen LogP contribution in [0.2, 0.25) is 0 Å². The predicted molar refractivity (Wildman–Crippen MR) is 139 cm³/mol. The molecule has 2 atom stereocenters. The number of carbonyl (C=O) groups is 2. The minimum absolute atomic E-state index is 0.0889. The van der Waals surface area contributed by atoms with Crippen molar-refractivity contribution in [3.63, 3.8) is 0 Å². The van der Waals surface area contributed by atoms with Crippen LogP contribution in [0.4, 0.5) is 9.39 Å². The van der Waals surface area contributed by atoms with E-state index in [0.717, 1.165) is 36.4 Å². The van der Waals surface area contributed by atoms with Crippen molar-refractivity contribution < 1.29 is 18.4 Å². The van der Waals surface area contributed by atoms with Crippen LogP contribution in [0.3, 0.4) is 0 Å². The lowest BCUT2D eigenvalue weighted by atomic mass is 9.84. The number of aryl methyl sites for hydroxylation is 1. The number of hydrogen-bond acceptors (Lipinski definition) is 6. The molecule has 0 spiro atoms. The van der Waals surface area contributed by atoms with Crippen molar-refractivity contribution in [2.75, 3.05) is 11.9 Å². The van der Waals surface area contributed by atoms with Gasteiger partial charge in [-0.05, 0) is 68.1 Å². The lowest BCUT2D eigenvalue weighted by Gasteiger charge is -2.27. The summed E-state index contributed by atoms with van der Waals surface area (Å²) in [5, 5.41) is 10.2. The van der Waals surface area contributed by atoms with Crippen LogP contribution < -0.4 is 16.0 Å². The fourth-order valence-corrected chi connectivity index (χ4v) is 5.24. The molecule has 3 N–H and O–H groups in total. The van der Waals surface area contributed by atoms with E-state index in [9.17, 15) is 14.0 Å². The van der Waals surface area contributed by atoms with Crippen molar-refractivity contribution >= 4 is 28.3 Å². The zero-order chi connectivity index (χ0) is 25.5. The Hall–Kier alpha value is -3.20. The summed E-state index contributed by atoms with van der Waals surface area (Å²) in [6.45, 7) is 4.41. The molecule has 1 aliphatic rings. The van der Waals surface area contributed by atoms with Gasteiger partial charge in [-0.1, -0.05) is 44.2 Å². The van der Waals surface area contributed by atoms with Gasteiger partial charge < -0.3 is 20.4 Å². The van der Waals surface area contributed by atoms with Crippen molar-refractivity contribution in [2.24, 2.45) is 5.92 Å². The molecule has 1 aromatic carbocycles. The van der Waals surface area contributed by atoms with Crippen LogP contribution in [0.5, 0.6) is 0 Å². The number of furan rings is 1. The van der Waals surface area contributed by atoms with Gasteiger partial charge in [0.25, 0.3) is 5.91 Å². The highest BCUT2D eigenvalue weighted by molar-refractivity contribution is 7.10. The molecule has 2 aromatic heterocycles. The number of nitrogens with zero attached hydrogens (tertiary/aromatic N) is 1. The summed E-state index contributed by atoms with van der Waals surface area (Å²) < 4.78 is 23.5. The van der Waals surface area contributed by atoms with Gasteiger partial charge in [-0.3, -0.25) is 9.59 Å². The van der Waals surface area contributed by atoms with Crippen molar-refractivity contribution in [1.82, 2.24) is 15.0 Å². The smallest absolute Gasteiger partial charge is 0.287 e. The second-order valence-corrected chi connectivity index (χ2v) is 10.4. The lowest BCUT2D eigenvalue weighted by Crippen LogP contribution is -2.51. The molecule has 0 unspecified atom stereocenters. The zero-order valence-electron chi connectivity index (χ0n) is 20.7. The van der Waals surface area contributed by atoms with Gasteiger partial charge in [0.15, 0.2) is 5.76 Å². The highest BCUT2D eigenvalue weighted by Gasteiger charge is 2.28. The normalized spacial score (nSPS) is 15.8. The van der Waals surface area contributed by atoms with Crippen LogP contribution >= 0.6 is 11.5 Å². The number of nitrogens with one attached hydrogen (secondary N) is 3. The van der Waals surface area contributed by atoms with Crippen LogP contribution in [0.25, 0.3) is 11.3 Å². The third-order valence-electron chi connectivity index (χ3n) is 6.45. The van der Waals surface area contributed by atoms with Gasteiger partial charge in [-0.2, -0.15) is 4.37 Å². The fraction of sp³-hybridized carbons (Fsp3) is 0.444. The maximum Gasteiger partial charge on any atom is 0.287 e. The quantitative estimate of drug-likeness (QED) is 0.332. The van der Waals surface area contributed by atoms with E-state index in [1.54, 1.807) is 24.3 Å². The number of hydrogen-bond donors (Lipinski definition) is 3. The molecule has 1 saturated carbocycles. The zero-order valence-corrected chi connectivity index (χ0v) is 21.5.